The Morgan fingerprint density at radius 3 is 1.88 bits per heavy atom. The van der Waals surface area contributed by atoms with E-state index in [1.54, 1.807) is 24.3 Å². The topological polar surface area (TPSA) is 37.3 Å². The fourth-order valence-corrected chi connectivity index (χ4v) is 1.37. The van der Waals surface area contributed by atoms with Gasteiger partial charge in [-0.3, -0.25) is 4.79 Å². The van der Waals surface area contributed by atoms with Gasteiger partial charge in [-0.05, 0) is 24.3 Å². The van der Waals surface area contributed by atoms with Crippen molar-refractivity contribution in [3.05, 3.63) is 65.7 Å². The van der Waals surface area contributed by atoms with Crippen molar-refractivity contribution in [1.82, 2.24) is 0 Å². The fourth-order valence-electron chi connectivity index (χ4n) is 1.37. The van der Waals surface area contributed by atoms with Gasteiger partial charge in [0.2, 0.25) is 0 Å². The van der Waals surface area contributed by atoms with Gasteiger partial charge < -0.3 is 5.11 Å². The van der Waals surface area contributed by atoms with Gasteiger partial charge in [-0.1, -0.05) is 30.3 Å². The van der Waals surface area contributed by atoms with E-state index in [4.69, 9.17) is 5.11 Å². The van der Waals surface area contributed by atoms with E-state index < -0.39 is 0 Å². The standard InChI is InChI=1S/C13H10O2.Na.H/c14-12-8-6-11(7-9-12)13(15)10-4-2-1-3-5-10;;/h1-9,14H;;. The molecule has 76 valence electrons. The summed E-state index contributed by atoms with van der Waals surface area (Å²) in [7, 11) is 0. The van der Waals surface area contributed by atoms with Crippen molar-refractivity contribution >= 4 is 35.3 Å². The van der Waals surface area contributed by atoms with Crippen molar-refractivity contribution in [2.24, 2.45) is 0 Å². The van der Waals surface area contributed by atoms with Gasteiger partial charge >= 0.3 is 29.6 Å². The van der Waals surface area contributed by atoms with Gasteiger partial charge in [-0.15, -0.1) is 0 Å². The summed E-state index contributed by atoms with van der Waals surface area (Å²) in [6, 6.07) is 15.3. The second-order valence-electron chi connectivity index (χ2n) is 3.24. The number of phenols is 1. The van der Waals surface area contributed by atoms with Crippen LogP contribution in [0, 0.1) is 0 Å². The van der Waals surface area contributed by atoms with Crippen LogP contribution in [0.15, 0.2) is 54.6 Å². The van der Waals surface area contributed by atoms with Crippen LogP contribution in [0.2, 0.25) is 0 Å². The molecule has 0 bridgehead atoms. The van der Waals surface area contributed by atoms with Crippen molar-refractivity contribution in [1.29, 1.82) is 0 Å². The monoisotopic (exact) mass is 222 g/mol. The van der Waals surface area contributed by atoms with Crippen LogP contribution in [0.3, 0.4) is 0 Å². The van der Waals surface area contributed by atoms with Crippen LogP contribution in [0.25, 0.3) is 0 Å². The third-order valence-electron chi connectivity index (χ3n) is 2.17. The molecule has 0 saturated carbocycles. The maximum atomic E-state index is 11.9. The molecule has 0 aliphatic rings. The maximum absolute atomic E-state index is 11.9. The number of hydrogen-bond donors (Lipinski definition) is 1. The molecule has 16 heavy (non-hydrogen) atoms. The molecule has 0 radical (unpaired) electrons. The molecule has 0 aliphatic carbocycles. The second-order valence-corrected chi connectivity index (χ2v) is 3.24. The van der Waals surface area contributed by atoms with Gasteiger partial charge in [0.25, 0.3) is 0 Å². The van der Waals surface area contributed by atoms with E-state index in [0.717, 1.165) is 0 Å². The normalized spacial score (nSPS) is 9.25. The van der Waals surface area contributed by atoms with Crippen LogP contribution in [0.4, 0.5) is 0 Å². The molecule has 0 amide bonds. The van der Waals surface area contributed by atoms with Crippen LogP contribution in [-0.2, 0) is 0 Å². The Morgan fingerprint density at radius 1 is 0.812 bits per heavy atom. The first-order chi connectivity index (χ1) is 7.27. The van der Waals surface area contributed by atoms with Crippen molar-refractivity contribution in [3.8, 4) is 5.75 Å². The van der Waals surface area contributed by atoms with Gasteiger partial charge in [0.1, 0.15) is 5.75 Å². The molecule has 0 spiro atoms. The van der Waals surface area contributed by atoms with E-state index in [1.165, 1.54) is 12.1 Å². The second kappa shape index (κ2) is 5.85. The first kappa shape index (κ1) is 13.0. The van der Waals surface area contributed by atoms with Crippen molar-refractivity contribution < 1.29 is 9.90 Å². The van der Waals surface area contributed by atoms with Gasteiger partial charge in [0, 0.05) is 11.1 Å². The van der Waals surface area contributed by atoms with Crippen LogP contribution < -0.4 is 0 Å². The van der Waals surface area contributed by atoms with E-state index >= 15 is 0 Å². The Hall–Kier alpha value is -1.09. The summed E-state index contributed by atoms with van der Waals surface area (Å²) in [5.41, 5.74) is 1.24. The predicted octanol–water partition coefficient (Wildman–Crippen LogP) is 1.97. The number of carbonyl (C=O) groups excluding carboxylic acids is 1. The van der Waals surface area contributed by atoms with Crippen LogP contribution in [0.5, 0.6) is 5.75 Å². The number of hydrogen-bond acceptors (Lipinski definition) is 2. The van der Waals surface area contributed by atoms with E-state index in [-0.39, 0.29) is 41.1 Å². The van der Waals surface area contributed by atoms with Crippen molar-refractivity contribution in [2.75, 3.05) is 0 Å². The SMILES string of the molecule is O=C(c1ccccc1)c1ccc(O)cc1.[NaH]. The molecule has 0 unspecified atom stereocenters. The average Bonchev–Trinajstić information content (AvgIpc) is 2.30. The molecule has 0 aliphatic heterocycles. The zero-order chi connectivity index (χ0) is 10.7. The summed E-state index contributed by atoms with van der Waals surface area (Å²) in [6.45, 7) is 0. The molecule has 2 nitrogen and oxygen atoms in total. The summed E-state index contributed by atoms with van der Waals surface area (Å²) in [4.78, 5) is 11.9. The first-order valence-corrected chi connectivity index (χ1v) is 4.66. The van der Waals surface area contributed by atoms with Gasteiger partial charge in [0.15, 0.2) is 5.78 Å². The summed E-state index contributed by atoms with van der Waals surface area (Å²) in [5.74, 6) is 0.134. The van der Waals surface area contributed by atoms with Crippen LogP contribution >= 0.6 is 0 Å². The Morgan fingerprint density at radius 2 is 1.31 bits per heavy atom. The van der Waals surface area contributed by atoms with E-state index in [0.29, 0.717) is 11.1 Å². The average molecular weight is 222 g/mol. The number of aromatic hydroxyl groups is 1. The molecule has 0 aromatic heterocycles. The molecular formula is C13H11NaO2. The molecule has 0 saturated heterocycles. The molecule has 1 N–H and O–H groups in total. The Balaban J connectivity index is 0.00000128. The van der Waals surface area contributed by atoms with Crippen LogP contribution in [0.1, 0.15) is 15.9 Å². The van der Waals surface area contributed by atoms with Gasteiger partial charge in [-0.2, -0.15) is 0 Å². The molecule has 3 heteroatoms. The Labute approximate surface area is 116 Å². The van der Waals surface area contributed by atoms with Crippen molar-refractivity contribution in [2.45, 2.75) is 0 Å². The predicted molar refractivity (Wildman–Crippen MR) is 65.1 cm³/mol. The number of phenolic OH excluding ortho intramolecular Hbond substituents is 1. The number of carbonyl (C=O) groups is 1. The third-order valence-corrected chi connectivity index (χ3v) is 2.17. The molecule has 2 aromatic rings. The summed E-state index contributed by atoms with van der Waals surface area (Å²) in [6.07, 6.45) is 0. The zero-order valence-corrected chi connectivity index (χ0v) is 8.05. The molecule has 0 heterocycles. The molecule has 0 atom stereocenters. The van der Waals surface area contributed by atoms with Gasteiger partial charge in [0.05, 0.1) is 0 Å². The quantitative estimate of drug-likeness (QED) is 0.623. The fraction of sp³-hybridized carbons (Fsp3) is 0. The molecule has 2 rings (SSSR count). The Kier molecular flexibility index (Phi) is 4.74. The minimum atomic E-state index is -0.0319. The number of benzene rings is 2. The first-order valence-electron chi connectivity index (χ1n) is 4.66. The minimum absolute atomic E-state index is 0. The summed E-state index contributed by atoms with van der Waals surface area (Å²) < 4.78 is 0. The summed E-state index contributed by atoms with van der Waals surface area (Å²) in [5, 5.41) is 9.10. The molecule has 0 fully saturated rings. The van der Waals surface area contributed by atoms with E-state index in [1.807, 2.05) is 18.2 Å². The van der Waals surface area contributed by atoms with Crippen molar-refractivity contribution in [3.63, 3.8) is 0 Å². The molecular weight excluding hydrogens is 211 g/mol. The zero-order valence-electron chi connectivity index (χ0n) is 8.05. The van der Waals surface area contributed by atoms with E-state index in [2.05, 4.69) is 0 Å². The van der Waals surface area contributed by atoms with Gasteiger partial charge in [-0.25, -0.2) is 0 Å². The third kappa shape index (κ3) is 2.95. The number of rotatable bonds is 2. The molecule has 2 aromatic carbocycles. The Bertz CT molecular complexity index is 463. The van der Waals surface area contributed by atoms with E-state index in [9.17, 15) is 4.79 Å². The number of ketones is 1. The van der Waals surface area contributed by atoms with Crippen LogP contribution in [-0.4, -0.2) is 40.4 Å². The summed E-state index contributed by atoms with van der Waals surface area (Å²) >= 11 is 0.